The molecule has 1 fully saturated rings. The van der Waals surface area contributed by atoms with E-state index in [2.05, 4.69) is 6.58 Å². The molecule has 0 N–H and O–H groups in total. The first-order valence-electron chi connectivity index (χ1n) is 6.59. The van der Waals surface area contributed by atoms with Gasteiger partial charge in [-0.05, 0) is 44.2 Å². The molecular weight excluding hydrogens is 224 g/mol. The molecule has 1 aromatic carbocycles. The fourth-order valence-corrected chi connectivity index (χ4v) is 2.54. The Morgan fingerprint density at radius 1 is 1.28 bits per heavy atom. The fraction of sp³-hybridized carbons (Fsp3) is 0.438. The molecule has 2 rings (SSSR count). The topological polar surface area (TPSA) is 26.3 Å². The maximum Gasteiger partial charge on any atom is 0.339 e. The standard InChI is InChI=1S/C16H20O2/c1-3-13-9-5-6-10-14(13)15(17)18-16(2)11-7-4-8-12-16/h3,5-6,9-10H,1,4,7-8,11-12H2,2H3. The van der Waals surface area contributed by atoms with Gasteiger partial charge < -0.3 is 4.74 Å². The molecule has 1 aliphatic rings. The van der Waals surface area contributed by atoms with Gasteiger partial charge in [-0.2, -0.15) is 0 Å². The molecule has 0 radical (unpaired) electrons. The Labute approximate surface area is 109 Å². The largest absolute Gasteiger partial charge is 0.456 e. The molecule has 0 aliphatic heterocycles. The van der Waals surface area contributed by atoms with Crippen molar-refractivity contribution in [3.05, 3.63) is 42.0 Å². The van der Waals surface area contributed by atoms with Crippen LogP contribution >= 0.6 is 0 Å². The van der Waals surface area contributed by atoms with E-state index in [1.165, 1.54) is 6.42 Å². The van der Waals surface area contributed by atoms with Gasteiger partial charge in [0.15, 0.2) is 0 Å². The second-order valence-corrected chi connectivity index (χ2v) is 5.19. The Kier molecular flexibility index (Phi) is 3.85. The zero-order valence-corrected chi connectivity index (χ0v) is 10.9. The molecule has 0 spiro atoms. The first kappa shape index (κ1) is 12.9. The highest BCUT2D eigenvalue weighted by molar-refractivity contribution is 5.93. The molecule has 96 valence electrons. The zero-order chi connectivity index (χ0) is 13.0. The Morgan fingerprint density at radius 3 is 2.61 bits per heavy atom. The predicted molar refractivity (Wildman–Crippen MR) is 73.4 cm³/mol. The molecule has 0 unspecified atom stereocenters. The van der Waals surface area contributed by atoms with Crippen molar-refractivity contribution >= 4 is 12.0 Å². The van der Waals surface area contributed by atoms with Crippen LogP contribution in [0.3, 0.4) is 0 Å². The van der Waals surface area contributed by atoms with Crippen LogP contribution in [0, 0.1) is 0 Å². The predicted octanol–water partition coefficient (Wildman–Crippen LogP) is 4.21. The summed E-state index contributed by atoms with van der Waals surface area (Å²) in [6.45, 7) is 5.77. The van der Waals surface area contributed by atoms with E-state index < -0.39 is 0 Å². The molecule has 0 bridgehead atoms. The van der Waals surface area contributed by atoms with Gasteiger partial charge >= 0.3 is 5.97 Å². The van der Waals surface area contributed by atoms with Crippen molar-refractivity contribution in [1.82, 2.24) is 0 Å². The molecule has 2 heteroatoms. The minimum Gasteiger partial charge on any atom is -0.456 e. The average Bonchev–Trinajstić information content (AvgIpc) is 2.39. The summed E-state index contributed by atoms with van der Waals surface area (Å²) in [5.74, 6) is -0.227. The van der Waals surface area contributed by atoms with Crippen LogP contribution in [0.15, 0.2) is 30.8 Å². The van der Waals surface area contributed by atoms with Crippen molar-refractivity contribution in [2.24, 2.45) is 0 Å². The molecule has 0 atom stereocenters. The van der Waals surface area contributed by atoms with Gasteiger partial charge in [0.25, 0.3) is 0 Å². The lowest BCUT2D eigenvalue weighted by molar-refractivity contribution is -0.0269. The van der Waals surface area contributed by atoms with E-state index in [1.54, 1.807) is 12.1 Å². The summed E-state index contributed by atoms with van der Waals surface area (Å²) in [5, 5.41) is 0. The van der Waals surface area contributed by atoms with E-state index in [9.17, 15) is 4.79 Å². The molecule has 0 aromatic heterocycles. The summed E-state index contributed by atoms with van der Waals surface area (Å²) in [6, 6.07) is 7.43. The Hall–Kier alpha value is -1.57. The Morgan fingerprint density at radius 2 is 1.94 bits per heavy atom. The normalized spacial score (nSPS) is 18.1. The molecule has 1 saturated carbocycles. The van der Waals surface area contributed by atoms with Crippen LogP contribution in [-0.2, 0) is 4.74 Å². The van der Waals surface area contributed by atoms with Gasteiger partial charge in [-0.25, -0.2) is 4.79 Å². The van der Waals surface area contributed by atoms with E-state index >= 15 is 0 Å². The molecule has 18 heavy (non-hydrogen) atoms. The van der Waals surface area contributed by atoms with E-state index in [1.807, 2.05) is 25.1 Å². The third kappa shape index (κ3) is 2.81. The lowest BCUT2D eigenvalue weighted by Crippen LogP contribution is -2.34. The van der Waals surface area contributed by atoms with Crippen molar-refractivity contribution in [3.8, 4) is 0 Å². The highest BCUT2D eigenvalue weighted by atomic mass is 16.6. The quantitative estimate of drug-likeness (QED) is 0.744. The smallest absolute Gasteiger partial charge is 0.339 e. The second kappa shape index (κ2) is 5.38. The lowest BCUT2D eigenvalue weighted by atomic mass is 9.86. The van der Waals surface area contributed by atoms with Gasteiger partial charge in [0, 0.05) is 0 Å². The monoisotopic (exact) mass is 244 g/mol. The van der Waals surface area contributed by atoms with Crippen LogP contribution in [0.5, 0.6) is 0 Å². The number of carbonyl (C=O) groups is 1. The molecule has 1 aromatic rings. The number of rotatable bonds is 3. The molecule has 0 amide bonds. The number of ether oxygens (including phenoxy) is 1. The van der Waals surface area contributed by atoms with Gasteiger partial charge in [-0.15, -0.1) is 0 Å². The molecular formula is C16H20O2. The van der Waals surface area contributed by atoms with Crippen LogP contribution in [0.2, 0.25) is 0 Å². The van der Waals surface area contributed by atoms with Crippen molar-refractivity contribution in [3.63, 3.8) is 0 Å². The van der Waals surface area contributed by atoms with Crippen molar-refractivity contribution in [2.45, 2.75) is 44.6 Å². The van der Waals surface area contributed by atoms with Crippen LogP contribution in [-0.4, -0.2) is 11.6 Å². The van der Waals surface area contributed by atoms with E-state index in [0.29, 0.717) is 5.56 Å². The lowest BCUT2D eigenvalue weighted by Gasteiger charge is -2.33. The molecule has 0 heterocycles. The van der Waals surface area contributed by atoms with E-state index in [-0.39, 0.29) is 11.6 Å². The zero-order valence-electron chi connectivity index (χ0n) is 10.9. The fourth-order valence-electron chi connectivity index (χ4n) is 2.54. The third-order valence-electron chi connectivity index (χ3n) is 3.65. The van der Waals surface area contributed by atoms with Crippen LogP contribution in [0.25, 0.3) is 6.08 Å². The summed E-state index contributed by atoms with van der Waals surface area (Å²) in [5.41, 5.74) is 1.16. The van der Waals surface area contributed by atoms with E-state index in [0.717, 1.165) is 31.2 Å². The highest BCUT2D eigenvalue weighted by Crippen LogP contribution is 2.32. The number of carbonyl (C=O) groups excluding carboxylic acids is 1. The van der Waals surface area contributed by atoms with Crippen molar-refractivity contribution in [1.29, 1.82) is 0 Å². The summed E-state index contributed by atoms with van der Waals surface area (Å²) >= 11 is 0. The number of benzene rings is 1. The van der Waals surface area contributed by atoms with Gasteiger partial charge in [-0.3, -0.25) is 0 Å². The van der Waals surface area contributed by atoms with Crippen LogP contribution in [0.1, 0.15) is 54.9 Å². The number of esters is 1. The van der Waals surface area contributed by atoms with Crippen molar-refractivity contribution in [2.75, 3.05) is 0 Å². The van der Waals surface area contributed by atoms with Crippen LogP contribution in [0.4, 0.5) is 0 Å². The third-order valence-corrected chi connectivity index (χ3v) is 3.65. The SMILES string of the molecule is C=Cc1ccccc1C(=O)OC1(C)CCCCC1. The van der Waals surface area contributed by atoms with Gasteiger partial charge in [0.05, 0.1) is 5.56 Å². The van der Waals surface area contributed by atoms with Gasteiger partial charge in [0.1, 0.15) is 5.60 Å². The summed E-state index contributed by atoms with van der Waals surface area (Å²) in [6.07, 6.45) is 7.17. The van der Waals surface area contributed by atoms with Gasteiger partial charge in [0.2, 0.25) is 0 Å². The first-order valence-corrected chi connectivity index (χ1v) is 6.59. The number of hydrogen-bond donors (Lipinski definition) is 0. The van der Waals surface area contributed by atoms with E-state index in [4.69, 9.17) is 4.74 Å². The van der Waals surface area contributed by atoms with Gasteiger partial charge in [-0.1, -0.05) is 37.3 Å². The first-order chi connectivity index (χ1) is 8.64. The summed E-state index contributed by atoms with van der Waals surface area (Å²) in [7, 11) is 0. The Bertz CT molecular complexity index is 442. The minimum atomic E-state index is -0.288. The number of hydrogen-bond acceptors (Lipinski definition) is 2. The highest BCUT2D eigenvalue weighted by Gasteiger charge is 2.31. The summed E-state index contributed by atoms with van der Waals surface area (Å²) < 4.78 is 5.72. The molecule has 1 aliphatic carbocycles. The average molecular weight is 244 g/mol. The summed E-state index contributed by atoms with van der Waals surface area (Å²) in [4.78, 5) is 12.2. The molecule has 2 nitrogen and oxygen atoms in total. The maximum atomic E-state index is 12.2. The maximum absolute atomic E-state index is 12.2. The Balaban J connectivity index is 2.14. The van der Waals surface area contributed by atoms with Crippen LogP contribution < -0.4 is 0 Å². The second-order valence-electron chi connectivity index (χ2n) is 5.19. The minimum absolute atomic E-state index is 0.227. The molecule has 0 saturated heterocycles. The van der Waals surface area contributed by atoms with Crippen molar-refractivity contribution < 1.29 is 9.53 Å².